The van der Waals surface area contributed by atoms with E-state index >= 15 is 0 Å². The van der Waals surface area contributed by atoms with Crippen LogP contribution in [-0.2, 0) is 6.61 Å². The molecule has 7 heteroatoms. The van der Waals surface area contributed by atoms with E-state index < -0.39 is 11.7 Å². The summed E-state index contributed by atoms with van der Waals surface area (Å²) in [5.74, 6) is 4.70. The number of nitrogens with two attached hydrogens (primary N) is 1. The minimum absolute atomic E-state index is 0.0562. The molecular weight excluding hydrogens is 287 g/mol. The zero-order valence-electron chi connectivity index (χ0n) is 10.6. The Morgan fingerprint density at radius 2 is 2.30 bits per heavy atom. The van der Waals surface area contributed by atoms with Gasteiger partial charge in [0.2, 0.25) is 0 Å². The van der Waals surface area contributed by atoms with Crippen molar-refractivity contribution >= 4 is 17.5 Å². The smallest absolute Gasteiger partial charge is 0.268 e. The van der Waals surface area contributed by atoms with Gasteiger partial charge in [0.1, 0.15) is 18.1 Å². The van der Waals surface area contributed by atoms with Crippen molar-refractivity contribution in [2.24, 2.45) is 5.84 Å². The van der Waals surface area contributed by atoms with Gasteiger partial charge in [-0.1, -0.05) is 17.7 Å². The van der Waals surface area contributed by atoms with Gasteiger partial charge in [0.05, 0.1) is 10.6 Å². The minimum atomic E-state index is -0.569. The molecule has 0 bridgehead atoms. The number of ether oxygens (including phenoxy) is 1. The van der Waals surface area contributed by atoms with Crippen LogP contribution in [0.2, 0.25) is 5.02 Å². The second-order valence-electron chi connectivity index (χ2n) is 4.00. The van der Waals surface area contributed by atoms with E-state index in [0.717, 1.165) is 0 Å². The summed E-state index contributed by atoms with van der Waals surface area (Å²) in [6.45, 7) is 1.56. The molecule has 0 fully saturated rings. The van der Waals surface area contributed by atoms with Crippen molar-refractivity contribution in [1.29, 1.82) is 0 Å². The summed E-state index contributed by atoms with van der Waals surface area (Å²) >= 11 is 5.83. The van der Waals surface area contributed by atoms with Crippen molar-refractivity contribution in [2.75, 3.05) is 0 Å². The van der Waals surface area contributed by atoms with E-state index in [9.17, 15) is 9.18 Å². The molecule has 0 saturated carbocycles. The van der Waals surface area contributed by atoms with Crippen molar-refractivity contribution in [2.45, 2.75) is 13.5 Å². The fourth-order valence-corrected chi connectivity index (χ4v) is 1.90. The quantitative estimate of drug-likeness (QED) is 0.516. The van der Waals surface area contributed by atoms with Crippen LogP contribution in [-0.4, -0.2) is 5.91 Å². The second kappa shape index (κ2) is 5.94. The average Bonchev–Trinajstić information content (AvgIpc) is 2.78. The molecule has 20 heavy (non-hydrogen) atoms. The Morgan fingerprint density at radius 3 is 2.95 bits per heavy atom. The topological polar surface area (TPSA) is 77.5 Å². The highest BCUT2D eigenvalue weighted by Gasteiger charge is 2.15. The average molecular weight is 299 g/mol. The van der Waals surface area contributed by atoms with Gasteiger partial charge < -0.3 is 9.15 Å². The molecule has 0 aliphatic carbocycles. The van der Waals surface area contributed by atoms with Gasteiger partial charge in [-0.25, -0.2) is 10.2 Å². The Kier molecular flexibility index (Phi) is 4.26. The first-order valence-electron chi connectivity index (χ1n) is 5.70. The molecular formula is C13H12ClFN2O3. The van der Waals surface area contributed by atoms with Crippen LogP contribution in [0.15, 0.2) is 28.7 Å². The molecule has 106 valence electrons. The Morgan fingerprint density at radius 1 is 1.55 bits per heavy atom. The van der Waals surface area contributed by atoms with Crippen molar-refractivity contribution < 1.29 is 18.3 Å². The number of hydrazine groups is 1. The summed E-state index contributed by atoms with van der Waals surface area (Å²) in [5, 5.41) is 0.160. The van der Waals surface area contributed by atoms with Gasteiger partial charge in [0.25, 0.3) is 5.91 Å². The van der Waals surface area contributed by atoms with Crippen LogP contribution in [0, 0.1) is 12.7 Å². The fraction of sp³-hybridized carbons (Fsp3) is 0.154. The monoisotopic (exact) mass is 298 g/mol. The van der Waals surface area contributed by atoms with Crippen LogP contribution in [0.25, 0.3) is 0 Å². The fourth-order valence-electron chi connectivity index (χ4n) is 1.68. The zero-order chi connectivity index (χ0) is 14.7. The van der Waals surface area contributed by atoms with Crippen LogP contribution in [0.4, 0.5) is 4.39 Å². The minimum Gasteiger partial charge on any atom is -0.481 e. The third-order valence-corrected chi connectivity index (χ3v) is 2.92. The van der Waals surface area contributed by atoms with Crippen LogP contribution in [0.1, 0.15) is 21.9 Å². The van der Waals surface area contributed by atoms with Crippen molar-refractivity contribution in [1.82, 2.24) is 5.43 Å². The summed E-state index contributed by atoms with van der Waals surface area (Å²) in [6.07, 6.45) is 0. The van der Waals surface area contributed by atoms with Gasteiger partial charge in [0.15, 0.2) is 11.6 Å². The van der Waals surface area contributed by atoms with E-state index in [2.05, 4.69) is 0 Å². The molecule has 3 N–H and O–H groups in total. The number of benzene rings is 1. The lowest BCUT2D eigenvalue weighted by atomic mass is 10.2. The predicted octanol–water partition coefficient (Wildman–Crippen LogP) is 2.56. The van der Waals surface area contributed by atoms with Gasteiger partial charge in [-0.15, -0.1) is 0 Å². The number of hydrogen-bond donors (Lipinski definition) is 2. The van der Waals surface area contributed by atoms with E-state index in [4.69, 9.17) is 26.6 Å². The lowest BCUT2D eigenvalue weighted by Crippen LogP contribution is -2.30. The van der Waals surface area contributed by atoms with Crippen LogP contribution >= 0.6 is 11.6 Å². The van der Waals surface area contributed by atoms with Gasteiger partial charge in [-0.3, -0.25) is 10.2 Å². The molecule has 0 aliphatic heterocycles. The predicted molar refractivity (Wildman–Crippen MR) is 70.8 cm³/mol. The molecule has 0 radical (unpaired) electrons. The normalized spacial score (nSPS) is 10.4. The Hall–Kier alpha value is -2.05. The first-order valence-corrected chi connectivity index (χ1v) is 6.07. The lowest BCUT2D eigenvalue weighted by Gasteiger charge is -2.06. The van der Waals surface area contributed by atoms with Crippen LogP contribution in [0.5, 0.6) is 5.75 Å². The van der Waals surface area contributed by atoms with Crippen LogP contribution < -0.4 is 16.0 Å². The molecule has 0 unspecified atom stereocenters. The Bertz CT molecular complexity index is 622. The summed E-state index contributed by atoms with van der Waals surface area (Å²) in [7, 11) is 0. The second-order valence-corrected chi connectivity index (χ2v) is 4.40. The Labute approximate surface area is 119 Å². The van der Waals surface area contributed by atoms with Gasteiger partial charge in [0, 0.05) is 0 Å². The standard InChI is InChI=1S/C13H12ClFN2O3/c1-7-9(13(18)17-16)5-8(20-7)6-19-12-10(14)3-2-4-11(12)15/h2-5H,6,16H2,1H3,(H,17,18). The summed E-state index contributed by atoms with van der Waals surface area (Å²) in [6, 6.07) is 5.71. The molecule has 0 aliphatic rings. The number of nitrogen functional groups attached to an aromatic ring is 1. The number of hydrogen-bond acceptors (Lipinski definition) is 4. The SMILES string of the molecule is Cc1oc(COc2c(F)cccc2Cl)cc1C(=O)NN. The van der Waals surface area contributed by atoms with Crippen molar-refractivity contribution in [3.63, 3.8) is 0 Å². The molecule has 1 aromatic heterocycles. The molecule has 0 saturated heterocycles. The Balaban J connectivity index is 2.14. The number of aryl methyl sites for hydroxylation is 1. The van der Waals surface area contributed by atoms with E-state index in [0.29, 0.717) is 17.1 Å². The van der Waals surface area contributed by atoms with E-state index in [1.54, 1.807) is 6.92 Å². The maximum atomic E-state index is 13.5. The number of furan rings is 1. The number of halogens is 2. The molecule has 5 nitrogen and oxygen atoms in total. The number of para-hydroxylation sites is 1. The highest BCUT2D eigenvalue weighted by molar-refractivity contribution is 6.32. The van der Waals surface area contributed by atoms with E-state index in [-0.39, 0.29) is 17.4 Å². The molecule has 0 atom stereocenters. The van der Waals surface area contributed by atoms with Gasteiger partial charge in [-0.2, -0.15) is 0 Å². The molecule has 2 aromatic rings. The summed E-state index contributed by atoms with van der Waals surface area (Å²) in [4.78, 5) is 11.4. The van der Waals surface area contributed by atoms with Gasteiger partial charge in [-0.05, 0) is 25.1 Å². The highest BCUT2D eigenvalue weighted by atomic mass is 35.5. The van der Waals surface area contributed by atoms with E-state index in [1.807, 2.05) is 5.43 Å². The number of nitrogens with one attached hydrogen (secondary N) is 1. The van der Waals surface area contributed by atoms with E-state index in [1.165, 1.54) is 24.3 Å². The van der Waals surface area contributed by atoms with Gasteiger partial charge >= 0.3 is 0 Å². The summed E-state index contributed by atoms with van der Waals surface area (Å²) < 4.78 is 24.1. The third kappa shape index (κ3) is 2.92. The first kappa shape index (κ1) is 14.4. The zero-order valence-corrected chi connectivity index (χ0v) is 11.3. The number of carbonyl (C=O) groups excluding carboxylic acids is 1. The van der Waals surface area contributed by atoms with Crippen LogP contribution in [0.3, 0.4) is 0 Å². The maximum absolute atomic E-state index is 13.5. The number of amides is 1. The number of carbonyl (C=O) groups is 1. The maximum Gasteiger partial charge on any atom is 0.268 e. The molecule has 0 spiro atoms. The number of rotatable bonds is 4. The molecule has 1 heterocycles. The van der Waals surface area contributed by atoms with Crippen molar-refractivity contribution in [3.05, 3.63) is 52.2 Å². The largest absolute Gasteiger partial charge is 0.481 e. The van der Waals surface area contributed by atoms with Crippen molar-refractivity contribution in [3.8, 4) is 5.75 Å². The highest BCUT2D eigenvalue weighted by Crippen LogP contribution is 2.28. The summed E-state index contributed by atoms with van der Waals surface area (Å²) in [5.41, 5.74) is 2.30. The first-order chi connectivity index (χ1) is 9.52. The molecule has 2 rings (SSSR count). The molecule has 1 amide bonds. The molecule has 1 aromatic carbocycles. The lowest BCUT2D eigenvalue weighted by molar-refractivity contribution is 0.0952. The third-order valence-electron chi connectivity index (χ3n) is 2.62.